The number of fused-ring (bicyclic) bond motifs is 1. The van der Waals surface area contributed by atoms with Crippen LogP contribution in [0.15, 0.2) is 23.1 Å². The molecule has 1 aliphatic heterocycles. The van der Waals surface area contributed by atoms with E-state index >= 15 is 0 Å². The van der Waals surface area contributed by atoms with Crippen molar-refractivity contribution in [1.82, 2.24) is 14.5 Å². The summed E-state index contributed by atoms with van der Waals surface area (Å²) in [6.45, 7) is 4.09. The molecule has 23 nitrogen and oxygen atoms in total. The van der Waals surface area contributed by atoms with E-state index in [-0.39, 0.29) is 64.7 Å². The molecule has 26 heteroatoms. The number of aliphatic hydroxyl groups is 1. The number of aromatic amines is 1. The van der Waals surface area contributed by atoms with Gasteiger partial charge in [0.05, 0.1) is 60.5 Å². The first-order chi connectivity index (χ1) is 24.4. The molecule has 0 radical (unpaired) electrons. The average Bonchev–Trinajstić information content (AvgIpc) is 3.56. The van der Waals surface area contributed by atoms with Crippen LogP contribution in [-0.4, -0.2) is 76.6 Å². The molecule has 3 unspecified atom stereocenters. The number of nitrogens with zero attached hydrogens (tertiary/aromatic N) is 3. The van der Waals surface area contributed by atoms with Gasteiger partial charge in [-0.1, -0.05) is 32.6 Å². The molecule has 292 valence electrons. The Morgan fingerprint density at radius 3 is 2.45 bits per heavy atom. The number of benzene rings is 1. The van der Waals surface area contributed by atoms with Crippen molar-refractivity contribution in [2.75, 3.05) is 26.0 Å². The van der Waals surface area contributed by atoms with Gasteiger partial charge in [-0.15, -0.1) is 0 Å². The van der Waals surface area contributed by atoms with E-state index in [1.54, 1.807) is 20.8 Å². The molecule has 6 atom stereocenters. The summed E-state index contributed by atoms with van der Waals surface area (Å²) in [5, 5.41) is 22.9. The molecule has 0 saturated carbocycles. The van der Waals surface area contributed by atoms with E-state index in [9.17, 15) is 43.5 Å². The van der Waals surface area contributed by atoms with Crippen LogP contribution in [-0.2, 0) is 42.9 Å². The number of aromatic nitrogens is 3. The molecule has 3 aromatic rings. The zero-order chi connectivity index (χ0) is 39.7. The van der Waals surface area contributed by atoms with Gasteiger partial charge in [0.15, 0.2) is 5.65 Å². The van der Waals surface area contributed by atoms with Gasteiger partial charge >= 0.3 is 23.5 Å². The number of hydrogen-bond donors (Lipinski definition) is 8. The number of nitrogens with one attached hydrogen (secondary N) is 1. The average molecular weight is 811 g/mol. The summed E-state index contributed by atoms with van der Waals surface area (Å²) in [6, 6.07) is 2.70. The Labute approximate surface area is 299 Å². The normalized spacial score (nSPS) is 20.7. The number of nitrogens with two attached hydrogens (primary N) is 2. The second-order valence-electron chi connectivity index (χ2n) is 12.5. The van der Waals surface area contributed by atoms with E-state index in [0.717, 1.165) is 0 Å². The van der Waals surface area contributed by atoms with Crippen molar-refractivity contribution in [2.45, 2.75) is 58.3 Å². The van der Waals surface area contributed by atoms with E-state index < -0.39 is 70.5 Å². The zero-order valence-corrected chi connectivity index (χ0v) is 31.0. The molecular weight excluding hydrogens is 773 g/mol. The van der Waals surface area contributed by atoms with Gasteiger partial charge in [-0.2, -0.15) is 13.6 Å². The fourth-order valence-corrected chi connectivity index (χ4v) is 8.46. The molecule has 1 aromatic carbocycles. The van der Waals surface area contributed by atoms with Gasteiger partial charge in [-0.05, 0) is 11.5 Å². The lowest BCUT2D eigenvalue weighted by atomic mass is 9.83. The van der Waals surface area contributed by atoms with Crippen molar-refractivity contribution in [3.63, 3.8) is 0 Å². The Kier molecular flexibility index (Phi) is 12.8. The minimum absolute atomic E-state index is 0.00715. The molecule has 10 N–H and O–H groups in total. The van der Waals surface area contributed by atoms with Crippen LogP contribution in [0.3, 0.4) is 0 Å². The summed E-state index contributed by atoms with van der Waals surface area (Å²) in [6.07, 6.45) is -3.73. The van der Waals surface area contributed by atoms with Gasteiger partial charge in [0.2, 0.25) is 5.95 Å². The van der Waals surface area contributed by atoms with Crippen LogP contribution >= 0.6 is 23.5 Å². The third-order valence-electron chi connectivity index (χ3n) is 7.46. The van der Waals surface area contributed by atoms with E-state index in [0.29, 0.717) is 0 Å². The third kappa shape index (κ3) is 10.6. The lowest BCUT2D eigenvalue weighted by molar-refractivity contribution is -0.386. The van der Waals surface area contributed by atoms with Crippen LogP contribution in [0.4, 0.5) is 11.6 Å². The topological polar surface area (TPSA) is 354 Å². The second-order valence-corrected chi connectivity index (χ2v) is 16.9. The Morgan fingerprint density at radius 2 is 1.87 bits per heavy atom. The van der Waals surface area contributed by atoms with Crippen molar-refractivity contribution in [1.29, 1.82) is 0 Å². The Balaban J connectivity index is 1.64. The summed E-state index contributed by atoms with van der Waals surface area (Å²) in [4.78, 5) is 68.0. The Hall–Kier alpha value is -3.55. The summed E-state index contributed by atoms with van der Waals surface area (Å²) < 4.78 is 65.6. The highest BCUT2D eigenvalue weighted by molar-refractivity contribution is 7.66. The molecule has 4 rings (SSSR count). The molecule has 2 aromatic heterocycles. The van der Waals surface area contributed by atoms with Gasteiger partial charge in [0, 0.05) is 24.2 Å². The molecule has 53 heavy (non-hydrogen) atoms. The van der Waals surface area contributed by atoms with Gasteiger partial charge < -0.3 is 54.9 Å². The molecule has 1 aliphatic rings. The maximum Gasteiger partial charge on any atom is 0.490 e. The van der Waals surface area contributed by atoms with Crippen LogP contribution in [0.2, 0.25) is 0 Å². The van der Waals surface area contributed by atoms with Crippen LogP contribution < -0.4 is 21.8 Å². The first kappa shape index (κ1) is 42.2. The lowest BCUT2D eigenvalue weighted by Crippen LogP contribution is -2.26. The van der Waals surface area contributed by atoms with Gasteiger partial charge in [0.25, 0.3) is 11.2 Å². The maximum atomic E-state index is 13.2. The molecule has 0 amide bonds. The predicted molar refractivity (Wildman–Crippen MR) is 182 cm³/mol. The van der Waals surface area contributed by atoms with Crippen molar-refractivity contribution < 1.29 is 70.7 Å². The number of aliphatic hydroxyl groups excluding tert-OH is 1. The van der Waals surface area contributed by atoms with Gasteiger partial charge in [0.1, 0.15) is 18.1 Å². The van der Waals surface area contributed by atoms with Crippen LogP contribution in [0.1, 0.15) is 56.2 Å². The summed E-state index contributed by atoms with van der Waals surface area (Å²) in [5.74, 6) is 5.34. The van der Waals surface area contributed by atoms with Crippen LogP contribution in [0.5, 0.6) is 5.75 Å². The van der Waals surface area contributed by atoms with Gasteiger partial charge in [-0.25, -0.2) is 13.7 Å². The van der Waals surface area contributed by atoms with Crippen LogP contribution in [0.25, 0.3) is 11.0 Å². The number of anilines is 1. The number of phosphoric acid groups is 3. The van der Waals surface area contributed by atoms with Crippen molar-refractivity contribution in [3.05, 3.63) is 55.5 Å². The lowest BCUT2D eigenvalue weighted by Gasteiger charge is -2.31. The number of nitrogen functional groups attached to an aromatic ring is 1. The number of phosphoric ester groups is 1. The fourth-order valence-electron chi connectivity index (χ4n) is 5.43. The standard InChI is InChI=1S/C27H37N6O17P3/c1-27(2,3)23(16-9-19(45-4)14(6-5-7-28)8-17(16)33(36)37)46-12-15-11-32(24-22(15)25(35)31-26(29)30-24)21-10-18(34)20(48-21)13-47-52(41,42)50-53(43,44)49-51(38,39)40/h8-9,11,18,20-21,23,34H,7,10,12-13,28H2,1-4H3,(H,41,42)(H,43,44)(H2,38,39,40)(H3,29,30,31,35)/t18?,20-,21-,23-/m1/s1. The predicted octanol–water partition coefficient (Wildman–Crippen LogP) is 1.83. The Morgan fingerprint density at radius 1 is 1.19 bits per heavy atom. The minimum atomic E-state index is -5.79. The van der Waals surface area contributed by atoms with E-state index in [4.69, 9.17) is 35.5 Å². The number of H-pyrrole nitrogens is 1. The number of hydrogen-bond acceptors (Lipinski definition) is 16. The largest absolute Gasteiger partial charge is 0.495 e. The highest BCUT2D eigenvalue weighted by Gasteiger charge is 2.43. The number of methoxy groups -OCH3 is 1. The van der Waals surface area contributed by atoms with Gasteiger partial charge in [-0.3, -0.25) is 24.4 Å². The van der Waals surface area contributed by atoms with Crippen molar-refractivity contribution >= 4 is 46.1 Å². The number of ether oxygens (including phenoxy) is 3. The summed E-state index contributed by atoms with van der Waals surface area (Å²) in [5.41, 5.74) is 10.1. The van der Waals surface area contributed by atoms with E-state index in [1.165, 1.54) is 30.0 Å². The number of nitro benzene ring substituents is 1. The number of nitro groups is 1. The Bertz CT molecular complexity index is 2130. The SMILES string of the molecule is COc1cc([C@@H](OCc2cn([C@H]3CC(O)[C@@H](COP(=O)(O)OP(=O)(O)OP(=O)(O)O)O3)c3nc(N)[nH]c(=O)c23)C(C)(C)C)c([N+](=O)[O-])cc1C#CCN. The molecule has 0 spiro atoms. The number of rotatable bonds is 14. The highest BCUT2D eigenvalue weighted by Crippen LogP contribution is 2.66. The van der Waals surface area contributed by atoms with Crippen molar-refractivity contribution in [3.8, 4) is 17.6 Å². The summed E-state index contributed by atoms with van der Waals surface area (Å²) in [7, 11) is -15.6. The first-order valence-corrected chi connectivity index (χ1v) is 19.6. The molecular formula is C27H37N6O17P3. The minimum Gasteiger partial charge on any atom is -0.495 e. The molecule has 0 aliphatic carbocycles. The molecule has 1 saturated heterocycles. The first-order valence-electron chi connectivity index (χ1n) is 15.1. The maximum absolute atomic E-state index is 13.2. The quantitative estimate of drug-likeness (QED) is 0.0498. The van der Waals surface area contributed by atoms with Crippen LogP contribution in [0, 0.1) is 27.4 Å². The molecule has 1 fully saturated rings. The highest BCUT2D eigenvalue weighted by atomic mass is 31.3. The third-order valence-corrected chi connectivity index (χ3v) is 11.3. The smallest absolute Gasteiger partial charge is 0.490 e. The molecule has 0 bridgehead atoms. The van der Waals surface area contributed by atoms with Crippen molar-refractivity contribution in [2.24, 2.45) is 11.1 Å². The molecule has 3 heterocycles. The van der Waals surface area contributed by atoms with E-state index in [1.807, 2.05) is 0 Å². The fraction of sp³-hybridized carbons (Fsp3) is 0.481. The van der Waals surface area contributed by atoms with E-state index in [2.05, 4.69) is 35.0 Å². The summed E-state index contributed by atoms with van der Waals surface area (Å²) >= 11 is 0. The monoisotopic (exact) mass is 810 g/mol. The second kappa shape index (κ2) is 16.0. The zero-order valence-electron chi connectivity index (χ0n) is 28.3.